The number of nitrogens with one attached hydrogen (secondary N) is 2. The molecular weight excluding hydrogens is 508 g/mol. The molecule has 10 heteroatoms. The van der Waals surface area contributed by atoms with E-state index < -0.39 is 23.9 Å². The molecule has 0 bridgehead atoms. The molecule has 194 valence electrons. The van der Waals surface area contributed by atoms with Crippen molar-refractivity contribution in [3.8, 4) is 11.4 Å². The van der Waals surface area contributed by atoms with E-state index in [-0.39, 0.29) is 29.2 Å². The summed E-state index contributed by atoms with van der Waals surface area (Å²) in [5, 5.41) is 10.4. The minimum absolute atomic E-state index is 0.0829. The number of nitrogens with zero attached hydrogens (tertiary/aromatic N) is 2. The molecule has 4 rings (SSSR count). The van der Waals surface area contributed by atoms with E-state index in [4.69, 9.17) is 21.1 Å². The number of carbonyl (C=O) groups is 3. The summed E-state index contributed by atoms with van der Waals surface area (Å²) in [6.07, 6.45) is 0.436. The third-order valence-corrected chi connectivity index (χ3v) is 5.67. The van der Waals surface area contributed by atoms with Gasteiger partial charge in [0, 0.05) is 5.02 Å². The zero-order chi connectivity index (χ0) is 27.1. The van der Waals surface area contributed by atoms with Crippen molar-refractivity contribution >= 4 is 40.9 Å². The van der Waals surface area contributed by atoms with Gasteiger partial charge in [-0.3, -0.25) is 9.59 Å². The third-order valence-electron chi connectivity index (χ3n) is 5.42. The maximum absolute atomic E-state index is 13.4. The minimum atomic E-state index is -0.907. The number of aromatic nitrogens is 2. The topological polar surface area (TPSA) is 112 Å². The van der Waals surface area contributed by atoms with E-state index in [1.807, 2.05) is 18.2 Å². The summed E-state index contributed by atoms with van der Waals surface area (Å²) in [6, 6.07) is 22.1. The predicted octanol–water partition coefficient (Wildman–Crippen LogP) is 5.36. The van der Waals surface area contributed by atoms with Crippen molar-refractivity contribution in [2.75, 3.05) is 17.2 Å². The van der Waals surface area contributed by atoms with Gasteiger partial charge in [-0.25, -0.2) is 9.48 Å². The van der Waals surface area contributed by atoms with Gasteiger partial charge in [0.2, 0.25) is 0 Å². The average molecular weight is 533 g/mol. The molecule has 0 fully saturated rings. The lowest BCUT2D eigenvalue weighted by Crippen LogP contribution is -2.31. The van der Waals surface area contributed by atoms with Gasteiger partial charge in [-0.05, 0) is 62.4 Å². The van der Waals surface area contributed by atoms with Gasteiger partial charge in [-0.15, -0.1) is 0 Å². The summed E-state index contributed by atoms with van der Waals surface area (Å²) in [4.78, 5) is 38.9. The molecule has 0 aliphatic heterocycles. The van der Waals surface area contributed by atoms with E-state index in [2.05, 4.69) is 15.7 Å². The lowest BCUT2D eigenvalue weighted by molar-refractivity contribution is -0.122. The Bertz CT molecular complexity index is 1440. The van der Waals surface area contributed by atoms with Crippen LogP contribution in [0.1, 0.15) is 34.6 Å². The van der Waals surface area contributed by atoms with E-state index in [1.54, 1.807) is 74.5 Å². The van der Waals surface area contributed by atoms with Gasteiger partial charge >= 0.3 is 5.97 Å². The normalized spacial score (nSPS) is 11.3. The maximum Gasteiger partial charge on any atom is 0.340 e. The first-order valence-electron chi connectivity index (χ1n) is 11.8. The van der Waals surface area contributed by atoms with Gasteiger partial charge in [-0.2, -0.15) is 5.10 Å². The number of anilines is 2. The Morgan fingerprint density at radius 3 is 2.32 bits per heavy atom. The molecule has 0 aliphatic rings. The number of carbonyl (C=O) groups excluding carboxylic acids is 3. The second-order valence-corrected chi connectivity index (χ2v) is 8.51. The number of hydrogen-bond donors (Lipinski definition) is 2. The number of ether oxygens (including phenoxy) is 2. The fourth-order valence-corrected chi connectivity index (χ4v) is 3.68. The predicted molar refractivity (Wildman–Crippen MR) is 144 cm³/mol. The summed E-state index contributed by atoms with van der Waals surface area (Å²) in [7, 11) is 0. The highest BCUT2D eigenvalue weighted by Gasteiger charge is 2.25. The highest BCUT2D eigenvalue weighted by atomic mass is 35.5. The second kappa shape index (κ2) is 12.1. The highest BCUT2D eigenvalue weighted by molar-refractivity contribution is 6.30. The van der Waals surface area contributed by atoms with Crippen LogP contribution in [0, 0.1) is 0 Å². The van der Waals surface area contributed by atoms with E-state index >= 15 is 0 Å². The monoisotopic (exact) mass is 532 g/mol. The summed E-state index contributed by atoms with van der Waals surface area (Å²) >= 11 is 5.92. The van der Waals surface area contributed by atoms with Crippen LogP contribution in [-0.4, -0.2) is 40.3 Å². The first kappa shape index (κ1) is 26.4. The van der Waals surface area contributed by atoms with Crippen LogP contribution >= 0.6 is 11.6 Å². The molecule has 0 saturated heterocycles. The number of hydrogen-bond acceptors (Lipinski definition) is 6. The molecule has 0 saturated carbocycles. The minimum Gasteiger partial charge on any atom is -0.481 e. The van der Waals surface area contributed by atoms with E-state index in [0.717, 1.165) is 0 Å². The Balaban J connectivity index is 1.62. The van der Waals surface area contributed by atoms with Crippen molar-refractivity contribution in [2.24, 2.45) is 0 Å². The Hall–Kier alpha value is -4.63. The van der Waals surface area contributed by atoms with Crippen LogP contribution in [-0.2, 0) is 9.53 Å². The van der Waals surface area contributed by atoms with Gasteiger partial charge in [0.1, 0.15) is 17.1 Å². The molecule has 1 aromatic heterocycles. The maximum atomic E-state index is 13.4. The first-order valence-corrected chi connectivity index (χ1v) is 12.2. The molecule has 2 amide bonds. The Morgan fingerprint density at radius 2 is 1.61 bits per heavy atom. The third kappa shape index (κ3) is 6.19. The van der Waals surface area contributed by atoms with Crippen LogP contribution in [0.15, 0.2) is 85.1 Å². The number of amides is 2. The summed E-state index contributed by atoms with van der Waals surface area (Å²) in [6.45, 7) is 3.48. The van der Waals surface area contributed by atoms with Gasteiger partial charge in [0.15, 0.2) is 6.10 Å². The van der Waals surface area contributed by atoms with Crippen LogP contribution in [0.4, 0.5) is 11.5 Å². The molecule has 0 spiro atoms. The molecule has 38 heavy (non-hydrogen) atoms. The SMILES string of the molecule is CCOC(=O)c1ccccc1NC(=O)c1cnn(-c2ccccc2)c1NC(=O)C(C)Oc1ccc(Cl)cc1. The van der Waals surface area contributed by atoms with E-state index in [9.17, 15) is 14.4 Å². The van der Waals surface area contributed by atoms with Gasteiger partial charge in [0.05, 0.1) is 29.7 Å². The van der Waals surface area contributed by atoms with Crippen LogP contribution in [0.5, 0.6) is 5.75 Å². The second-order valence-electron chi connectivity index (χ2n) is 8.08. The molecule has 1 heterocycles. The first-order chi connectivity index (χ1) is 18.4. The fraction of sp³-hybridized carbons (Fsp3) is 0.143. The van der Waals surface area contributed by atoms with Crippen molar-refractivity contribution in [2.45, 2.75) is 20.0 Å². The van der Waals surface area contributed by atoms with Crippen LogP contribution in [0.25, 0.3) is 5.69 Å². The largest absolute Gasteiger partial charge is 0.481 e. The molecule has 4 aromatic rings. The molecule has 9 nitrogen and oxygen atoms in total. The van der Waals surface area contributed by atoms with Gasteiger partial charge < -0.3 is 20.1 Å². The van der Waals surface area contributed by atoms with E-state index in [1.165, 1.54) is 10.9 Å². The number of benzene rings is 3. The molecule has 3 aromatic carbocycles. The zero-order valence-electron chi connectivity index (χ0n) is 20.7. The Kier molecular flexibility index (Phi) is 8.40. The average Bonchev–Trinajstić information content (AvgIpc) is 3.34. The quantitative estimate of drug-likeness (QED) is 0.281. The van der Waals surface area contributed by atoms with Gasteiger partial charge in [0.25, 0.3) is 11.8 Å². The Morgan fingerprint density at radius 1 is 0.921 bits per heavy atom. The van der Waals surface area contributed by atoms with Crippen LogP contribution in [0.2, 0.25) is 5.02 Å². The van der Waals surface area contributed by atoms with Crippen LogP contribution < -0.4 is 15.4 Å². The number of esters is 1. The molecule has 0 aliphatic carbocycles. The smallest absolute Gasteiger partial charge is 0.340 e. The summed E-state index contributed by atoms with van der Waals surface area (Å²) in [5.74, 6) is -1.05. The standard InChI is InChI=1S/C28H25ClN4O5/c1-3-37-28(36)22-11-7-8-12-24(22)31-27(35)23-17-30-33(20-9-5-4-6-10-20)25(23)32-26(34)18(2)38-21-15-13-19(29)14-16-21/h4-18H,3H2,1-2H3,(H,31,35)(H,32,34). The summed E-state index contributed by atoms with van der Waals surface area (Å²) in [5.41, 5.74) is 1.17. The van der Waals surface area contributed by atoms with Crippen molar-refractivity contribution < 1.29 is 23.9 Å². The van der Waals surface area contributed by atoms with Crippen molar-refractivity contribution in [3.63, 3.8) is 0 Å². The lowest BCUT2D eigenvalue weighted by Gasteiger charge is -2.17. The molecular formula is C28H25ClN4O5. The lowest BCUT2D eigenvalue weighted by atomic mass is 10.1. The van der Waals surface area contributed by atoms with Gasteiger partial charge in [-0.1, -0.05) is 41.9 Å². The molecule has 1 unspecified atom stereocenters. The number of rotatable bonds is 9. The molecule has 2 N–H and O–H groups in total. The number of halogens is 1. The van der Waals surface area contributed by atoms with Crippen molar-refractivity contribution in [1.29, 1.82) is 0 Å². The van der Waals surface area contributed by atoms with Crippen molar-refractivity contribution in [1.82, 2.24) is 9.78 Å². The number of para-hydroxylation sites is 2. The molecule has 1 atom stereocenters. The fourth-order valence-electron chi connectivity index (χ4n) is 3.56. The van der Waals surface area contributed by atoms with Crippen molar-refractivity contribution in [3.05, 3.63) is 101 Å². The summed E-state index contributed by atoms with van der Waals surface area (Å²) < 4.78 is 12.3. The highest BCUT2D eigenvalue weighted by Crippen LogP contribution is 2.24. The van der Waals surface area contributed by atoms with Crippen LogP contribution in [0.3, 0.4) is 0 Å². The van der Waals surface area contributed by atoms with E-state index in [0.29, 0.717) is 16.5 Å². The molecule has 0 radical (unpaired) electrons. The Labute approximate surface area is 224 Å². The zero-order valence-corrected chi connectivity index (χ0v) is 21.4.